The van der Waals surface area contributed by atoms with Crippen molar-refractivity contribution in [2.24, 2.45) is 0 Å². The van der Waals surface area contributed by atoms with Crippen LogP contribution in [0.3, 0.4) is 0 Å². The van der Waals surface area contributed by atoms with E-state index in [-0.39, 0.29) is 12.5 Å². The maximum atomic E-state index is 13.6. The minimum atomic E-state index is -0.411. The number of methoxy groups -OCH3 is 1. The van der Waals surface area contributed by atoms with Gasteiger partial charge in [-0.25, -0.2) is 4.39 Å². The Balaban J connectivity index is 1.73. The Morgan fingerprint density at radius 1 is 1.29 bits per heavy atom. The number of ether oxygens (including phenoxy) is 3. The van der Waals surface area contributed by atoms with Gasteiger partial charge in [-0.2, -0.15) is 0 Å². The van der Waals surface area contributed by atoms with Gasteiger partial charge in [0, 0.05) is 18.3 Å². The molecule has 0 bridgehead atoms. The Morgan fingerprint density at radius 2 is 2.14 bits per heavy atom. The molecule has 4 nitrogen and oxygen atoms in total. The molecule has 2 aromatic carbocycles. The van der Waals surface area contributed by atoms with Crippen LogP contribution in [0.1, 0.15) is 5.56 Å². The second-order valence-electron chi connectivity index (χ2n) is 4.51. The minimum Gasteiger partial charge on any atom is -0.494 e. The average Bonchev–Trinajstić information content (AvgIpc) is 2.94. The molecule has 110 valence electrons. The molecule has 0 saturated carbocycles. The first-order chi connectivity index (χ1) is 10.2. The molecule has 0 atom stereocenters. The van der Waals surface area contributed by atoms with Gasteiger partial charge in [0.2, 0.25) is 6.79 Å². The number of nitrogens with one attached hydrogen (secondary N) is 1. The average molecular weight is 310 g/mol. The van der Waals surface area contributed by atoms with Crippen molar-refractivity contribution >= 4 is 17.3 Å². The third-order valence-electron chi connectivity index (χ3n) is 3.14. The predicted octanol–water partition coefficient (Wildman–Crippen LogP) is 3.83. The number of halogens is 2. The summed E-state index contributed by atoms with van der Waals surface area (Å²) in [6.45, 7) is 0.664. The van der Waals surface area contributed by atoms with E-state index in [1.165, 1.54) is 13.2 Å². The first-order valence-electron chi connectivity index (χ1n) is 6.33. The van der Waals surface area contributed by atoms with Gasteiger partial charge in [-0.1, -0.05) is 11.6 Å². The molecule has 0 aromatic heterocycles. The summed E-state index contributed by atoms with van der Waals surface area (Å²) < 4.78 is 29.0. The van der Waals surface area contributed by atoms with Crippen molar-refractivity contribution in [2.45, 2.75) is 6.54 Å². The monoisotopic (exact) mass is 309 g/mol. The topological polar surface area (TPSA) is 39.7 Å². The lowest BCUT2D eigenvalue weighted by molar-refractivity contribution is 0.174. The maximum absolute atomic E-state index is 13.6. The zero-order valence-corrected chi connectivity index (χ0v) is 12.0. The van der Waals surface area contributed by atoms with Crippen molar-refractivity contribution in [3.8, 4) is 17.2 Å². The number of fused-ring (bicyclic) bond motifs is 1. The third kappa shape index (κ3) is 2.83. The molecule has 2 aromatic rings. The normalized spacial score (nSPS) is 12.3. The fourth-order valence-electron chi connectivity index (χ4n) is 2.10. The molecule has 0 radical (unpaired) electrons. The van der Waals surface area contributed by atoms with Gasteiger partial charge in [-0.15, -0.1) is 0 Å². The summed E-state index contributed by atoms with van der Waals surface area (Å²) in [6.07, 6.45) is 0. The van der Waals surface area contributed by atoms with Gasteiger partial charge in [0.05, 0.1) is 12.1 Å². The fourth-order valence-corrected chi connectivity index (χ4v) is 2.39. The van der Waals surface area contributed by atoms with Crippen molar-refractivity contribution < 1.29 is 18.6 Å². The zero-order valence-electron chi connectivity index (χ0n) is 11.3. The summed E-state index contributed by atoms with van der Waals surface area (Å²) >= 11 is 6.11. The van der Waals surface area contributed by atoms with Gasteiger partial charge in [0.25, 0.3) is 0 Å². The van der Waals surface area contributed by atoms with E-state index in [2.05, 4.69) is 5.32 Å². The number of hydrogen-bond donors (Lipinski definition) is 1. The number of rotatable bonds is 4. The molecule has 3 rings (SSSR count). The van der Waals surface area contributed by atoms with E-state index in [0.717, 1.165) is 5.56 Å². The molecule has 1 heterocycles. The van der Waals surface area contributed by atoms with Gasteiger partial charge < -0.3 is 19.5 Å². The van der Waals surface area contributed by atoms with E-state index in [1.54, 1.807) is 18.2 Å². The molecule has 0 saturated heterocycles. The summed E-state index contributed by atoms with van der Waals surface area (Å²) in [5.41, 5.74) is 1.57. The van der Waals surface area contributed by atoms with Crippen LogP contribution in [0.25, 0.3) is 0 Å². The molecule has 0 spiro atoms. The lowest BCUT2D eigenvalue weighted by Gasteiger charge is -2.09. The molecule has 21 heavy (non-hydrogen) atoms. The molecular weight excluding hydrogens is 297 g/mol. The summed E-state index contributed by atoms with van der Waals surface area (Å²) in [7, 11) is 1.43. The van der Waals surface area contributed by atoms with Crippen LogP contribution in [0.5, 0.6) is 17.2 Å². The lowest BCUT2D eigenvalue weighted by atomic mass is 10.2. The molecule has 0 fully saturated rings. The predicted molar refractivity (Wildman–Crippen MR) is 77.9 cm³/mol. The Bertz CT molecular complexity index is 678. The second-order valence-corrected chi connectivity index (χ2v) is 4.92. The first kappa shape index (κ1) is 13.8. The number of hydrogen-bond acceptors (Lipinski definition) is 4. The quantitative estimate of drug-likeness (QED) is 0.932. The highest BCUT2D eigenvalue weighted by atomic mass is 35.5. The van der Waals surface area contributed by atoms with Crippen LogP contribution in [-0.4, -0.2) is 13.9 Å². The fraction of sp³-hybridized carbons (Fsp3) is 0.200. The van der Waals surface area contributed by atoms with Crippen molar-refractivity contribution in [1.82, 2.24) is 0 Å². The largest absolute Gasteiger partial charge is 0.494 e. The highest BCUT2D eigenvalue weighted by molar-refractivity contribution is 6.32. The van der Waals surface area contributed by atoms with Gasteiger partial charge in [0.15, 0.2) is 23.1 Å². The van der Waals surface area contributed by atoms with E-state index in [0.29, 0.717) is 28.8 Å². The van der Waals surface area contributed by atoms with Crippen molar-refractivity contribution in [1.29, 1.82) is 0 Å². The van der Waals surface area contributed by atoms with Crippen LogP contribution in [0.15, 0.2) is 30.3 Å². The highest BCUT2D eigenvalue weighted by Gasteiger charge is 2.18. The Hall–Kier alpha value is -2.14. The third-order valence-corrected chi connectivity index (χ3v) is 3.42. The van der Waals surface area contributed by atoms with Gasteiger partial charge in [0.1, 0.15) is 0 Å². The van der Waals surface area contributed by atoms with Gasteiger partial charge in [-0.3, -0.25) is 0 Å². The van der Waals surface area contributed by atoms with E-state index in [9.17, 15) is 4.39 Å². The van der Waals surface area contributed by atoms with E-state index in [4.69, 9.17) is 25.8 Å². The van der Waals surface area contributed by atoms with Crippen molar-refractivity contribution in [3.05, 3.63) is 46.7 Å². The van der Waals surface area contributed by atoms with Crippen LogP contribution < -0.4 is 19.5 Å². The molecular formula is C15H13ClFNO3. The lowest BCUT2D eigenvalue weighted by Crippen LogP contribution is -2.00. The maximum Gasteiger partial charge on any atom is 0.231 e. The summed E-state index contributed by atoms with van der Waals surface area (Å²) in [5.74, 6) is 0.994. The smallest absolute Gasteiger partial charge is 0.231 e. The Labute approximate surface area is 126 Å². The van der Waals surface area contributed by atoms with Crippen LogP contribution in [0.2, 0.25) is 5.02 Å². The van der Waals surface area contributed by atoms with Crippen molar-refractivity contribution in [2.75, 3.05) is 19.2 Å². The van der Waals surface area contributed by atoms with Gasteiger partial charge >= 0.3 is 0 Å². The highest BCUT2D eigenvalue weighted by Crippen LogP contribution is 2.39. The van der Waals surface area contributed by atoms with Crippen LogP contribution >= 0.6 is 11.6 Å². The SMILES string of the molecule is COc1ccc(NCc2cc(Cl)c3c(c2)OCO3)cc1F. The Morgan fingerprint density at radius 3 is 2.90 bits per heavy atom. The Kier molecular flexibility index (Phi) is 3.75. The standard InChI is InChI=1S/C15H13ClFNO3/c1-19-13-3-2-10(6-12(13)17)18-7-9-4-11(16)15-14(5-9)20-8-21-15/h2-6,18H,7-8H2,1H3. The van der Waals surface area contributed by atoms with Crippen molar-refractivity contribution in [3.63, 3.8) is 0 Å². The van der Waals surface area contributed by atoms with E-state index >= 15 is 0 Å². The van der Waals surface area contributed by atoms with Crippen LogP contribution in [0, 0.1) is 5.82 Å². The van der Waals surface area contributed by atoms with Gasteiger partial charge in [-0.05, 0) is 29.8 Å². The number of anilines is 1. The summed E-state index contributed by atoms with van der Waals surface area (Å²) in [6, 6.07) is 8.34. The molecule has 1 aliphatic heterocycles. The molecule has 0 amide bonds. The van der Waals surface area contributed by atoms with E-state index in [1.807, 2.05) is 6.07 Å². The van der Waals surface area contributed by atoms with Crippen LogP contribution in [-0.2, 0) is 6.54 Å². The van der Waals surface area contributed by atoms with Crippen LogP contribution in [0.4, 0.5) is 10.1 Å². The summed E-state index contributed by atoms with van der Waals surface area (Å²) in [4.78, 5) is 0. The number of benzene rings is 2. The minimum absolute atomic E-state index is 0.176. The first-order valence-corrected chi connectivity index (χ1v) is 6.70. The summed E-state index contributed by atoms with van der Waals surface area (Å²) in [5, 5.41) is 3.62. The molecule has 1 aliphatic rings. The molecule has 0 unspecified atom stereocenters. The molecule has 6 heteroatoms. The van der Waals surface area contributed by atoms with E-state index < -0.39 is 5.82 Å². The second kappa shape index (κ2) is 5.69. The zero-order chi connectivity index (χ0) is 14.8. The molecule has 1 N–H and O–H groups in total. The molecule has 0 aliphatic carbocycles.